The molecule has 1 unspecified atom stereocenters. The molecule has 3 nitrogen and oxygen atoms in total. The van der Waals surface area contributed by atoms with E-state index in [1.165, 1.54) is 6.54 Å². The van der Waals surface area contributed by atoms with Crippen molar-refractivity contribution in [3.63, 3.8) is 0 Å². The molecule has 0 aromatic heterocycles. The number of hydrogen-bond acceptors (Lipinski definition) is 3. The summed E-state index contributed by atoms with van der Waals surface area (Å²) in [7, 11) is 4.21. The van der Waals surface area contributed by atoms with E-state index in [4.69, 9.17) is 4.74 Å². The molecule has 1 fully saturated rings. The van der Waals surface area contributed by atoms with E-state index in [0.29, 0.717) is 12.1 Å². The topological polar surface area (TPSA) is 15.7 Å². The molecule has 0 amide bonds. The molecule has 0 bridgehead atoms. The highest BCUT2D eigenvalue weighted by molar-refractivity contribution is 4.72. The van der Waals surface area contributed by atoms with Crippen molar-refractivity contribution >= 4 is 0 Å². The summed E-state index contributed by atoms with van der Waals surface area (Å²) in [5.74, 6) is 0. The van der Waals surface area contributed by atoms with Crippen LogP contribution in [0.25, 0.3) is 0 Å². The highest BCUT2D eigenvalue weighted by atomic mass is 16.5. The molecule has 0 aromatic carbocycles. The van der Waals surface area contributed by atoms with Gasteiger partial charge >= 0.3 is 0 Å². The minimum atomic E-state index is 0.425. The monoisotopic (exact) mass is 200 g/mol. The van der Waals surface area contributed by atoms with Crippen molar-refractivity contribution < 1.29 is 4.74 Å². The van der Waals surface area contributed by atoms with Crippen LogP contribution in [-0.4, -0.2) is 62.3 Å². The average molecular weight is 200 g/mol. The fraction of sp³-hybridized carbons (Fsp3) is 1.00. The van der Waals surface area contributed by atoms with Crippen LogP contribution in [0, 0.1) is 0 Å². The molecule has 3 heteroatoms. The predicted molar refractivity (Wildman–Crippen MR) is 59.6 cm³/mol. The van der Waals surface area contributed by atoms with Crippen LogP contribution in [0.1, 0.15) is 20.3 Å². The minimum Gasteiger partial charge on any atom is -0.376 e. The molecule has 0 spiro atoms. The smallest absolute Gasteiger partial charge is 0.0714 e. The van der Waals surface area contributed by atoms with Gasteiger partial charge in [0, 0.05) is 25.7 Å². The Balaban J connectivity index is 2.33. The van der Waals surface area contributed by atoms with Gasteiger partial charge in [-0.15, -0.1) is 0 Å². The maximum Gasteiger partial charge on any atom is 0.0714 e. The molecular weight excluding hydrogens is 176 g/mol. The van der Waals surface area contributed by atoms with Gasteiger partial charge in [-0.3, -0.25) is 4.90 Å². The molecule has 1 saturated heterocycles. The second-order valence-corrected chi connectivity index (χ2v) is 4.67. The highest BCUT2D eigenvalue weighted by Gasteiger charge is 2.19. The Hall–Kier alpha value is -0.120. The van der Waals surface area contributed by atoms with Gasteiger partial charge in [0.2, 0.25) is 0 Å². The second-order valence-electron chi connectivity index (χ2n) is 4.67. The van der Waals surface area contributed by atoms with Gasteiger partial charge in [-0.05, 0) is 34.4 Å². The third-order valence-corrected chi connectivity index (χ3v) is 2.77. The van der Waals surface area contributed by atoms with Gasteiger partial charge in [0.05, 0.1) is 12.7 Å². The molecule has 14 heavy (non-hydrogen) atoms. The summed E-state index contributed by atoms with van der Waals surface area (Å²) < 4.78 is 5.81. The molecule has 1 heterocycles. The predicted octanol–water partition coefficient (Wildman–Crippen LogP) is 1.05. The zero-order chi connectivity index (χ0) is 10.6. The average Bonchev–Trinajstić information content (AvgIpc) is 2.28. The molecule has 1 rings (SSSR count). The van der Waals surface area contributed by atoms with Crippen LogP contribution >= 0.6 is 0 Å². The first-order valence-electron chi connectivity index (χ1n) is 5.60. The lowest BCUT2D eigenvalue weighted by molar-refractivity contribution is 0.0437. The van der Waals surface area contributed by atoms with Gasteiger partial charge in [0.25, 0.3) is 0 Å². The molecule has 0 aliphatic carbocycles. The number of hydrogen-bond donors (Lipinski definition) is 0. The van der Waals surface area contributed by atoms with Gasteiger partial charge < -0.3 is 9.64 Å². The number of likely N-dealkylation sites (N-methyl/N-ethyl adjacent to an activating group) is 1. The van der Waals surface area contributed by atoms with Crippen LogP contribution in [0.15, 0.2) is 0 Å². The number of ether oxygens (including phenoxy) is 1. The van der Waals surface area contributed by atoms with Gasteiger partial charge in [-0.25, -0.2) is 0 Å². The summed E-state index contributed by atoms with van der Waals surface area (Å²) in [6, 6.07) is 0.650. The van der Waals surface area contributed by atoms with Gasteiger partial charge in [0.1, 0.15) is 0 Å². The Morgan fingerprint density at radius 3 is 2.64 bits per heavy atom. The SMILES string of the molecule is CC(C)N1CCOC(CN(C)C)CC1. The molecule has 1 atom stereocenters. The van der Waals surface area contributed by atoms with Crippen molar-refractivity contribution in [2.24, 2.45) is 0 Å². The largest absolute Gasteiger partial charge is 0.376 e. The first kappa shape index (κ1) is 12.0. The lowest BCUT2D eigenvalue weighted by Crippen LogP contribution is -2.33. The molecule has 1 aliphatic rings. The van der Waals surface area contributed by atoms with E-state index in [9.17, 15) is 0 Å². The summed E-state index contributed by atoms with van der Waals surface area (Å²) in [5, 5.41) is 0. The fourth-order valence-corrected chi connectivity index (χ4v) is 1.91. The summed E-state index contributed by atoms with van der Waals surface area (Å²) in [6.45, 7) is 8.71. The first-order valence-corrected chi connectivity index (χ1v) is 5.60. The van der Waals surface area contributed by atoms with E-state index in [2.05, 4.69) is 37.7 Å². The summed E-state index contributed by atoms with van der Waals surface area (Å²) in [4.78, 5) is 4.70. The quantitative estimate of drug-likeness (QED) is 0.677. The fourth-order valence-electron chi connectivity index (χ4n) is 1.91. The number of nitrogens with zero attached hydrogens (tertiary/aromatic N) is 2. The van der Waals surface area contributed by atoms with Crippen molar-refractivity contribution in [2.75, 3.05) is 40.3 Å². The summed E-state index contributed by atoms with van der Waals surface area (Å²) in [5.41, 5.74) is 0. The highest BCUT2D eigenvalue weighted by Crippen LogP contribution is 2.10. The standard InChI is InChI=1S/C11H24N2O/c1-10(2)13-6-5-11(9-12(3)4)14-8-7-13/h10-11H,5-9H2,1-4H3. The Labute approximate surface area is 88.0 Å². The van der Waals surface area contributed by atoms with Crippen LogP contribution < -0.4 is 0 Å². The summed E-state index contributed by atoms with van der Waals surface area (Å²) in [6.07, 6.45) is 1.59. The van der Waals surface area contributed by atoms with Crippen molar-refractivity contribution in [3.05, 3.63) is 0 Å². The van der Waals surface area contributed by atoms with Crippen LogP contribution in [0.5, 0.6) is 0 Å². The van der Waals surface area contributed by atoms with Crippen molar-refractivity contribution in [1.29, 1.82) is 0 Å². The van der Waals surface area contributed by atoms with E-state index >= 15 is 0 Å². The lowest BCUT2D eigenvalue weighted by atomic mass is 10.2. The first-order chi connectivity index (χ1) is 6.59. The van der Waals surface area contributed by atoms with Gasteiger partial charge in [-0.2, -0.15) is 0 Å². The number of rotatable bonds is 3. The molecule has 84 valence electrons. The van der Waals surface area contributed by atoms with E-state index in [1.807, 2.05) is 0 Å². The molecule has 0 radical (unpaired) electrons. The van der Waals surface area contributed by atoms with E-state index in [-0.39, 0.29) is 0 Å². The molecule has 0 aromatic rings. The van der Waals surface area contributed by atoms with Gasteiger partial charge in [0.15, 0.2) is 0 Å². The van der Waals surface area contributed by atoms with E-state index in [1.54, 1.807) is 0 Å². The van der Waals surface area contributed by atoms with Crippen LogP contribution in [0.2, 0.25) is 0 Å². The van der Waals surface area contributed by atoms with E-state index < -0.39 is 0 Å². The lowest BCUT2D eigenvalue weighted by Gasteiger charge is -2.23. The Morgan fingerprint density at radius 2 is 2.07 bits per heavy atom. The Kier molecular flexibility index (Phi) is 4.85. The maximum absolute atomic E-state index is 5.81. The minimum absolute atomic E-state index is 0.425. The van der Waals surface area contributed by atoms with Crippen molar-refractivity contribution in [2.45, 2.75) is 32.4 Å². The Morgan fingerprint density at radius 1 is 1.36 bits per heavy atom. The van der Waals surface area contributed by atoms with Crippen LogP contribution in [0.4, 0.5) is 0 Å². The normalized spacial score (nSPS) is 25.7. The zero-order valence-electron chi connectivity index (χ0n) is 9.99. The molecule has 0 saturated carbocycles. The van der Waals surface area contributed by atoms with Crippen molar-refractivity contribution in [1.82, 2.24) is 9.80 Å². The van der Waals surface area contributed by atoms with E-state index in [0.717, 1.165) is 26.1 Å². The summed E-state index contributed by atoms with van der Waals surface area (Å²) >= 11 is 0. The molecule has 0 N–H and O–H groups in total. The third-order valence-electron chi connectivity index (χ3n) is 2.77. The molecular formula is C11H24N2O. The van der Waals surface area contributed by atoms with Crippen LogP contribution in [-0.2, 0) is 4.74 Å². The molecule has 1 aliphatic heterocycles. The van der Waals surface area contributed by atoms with Crippen LogP contribution in [0.3, 0.4) is 0 Å². The van der Waals surface area contributed by atoms with Crippen molar-refractivity contribution in [3.8, 4) is 0 Å². The van der Waals surface area contributed by atoms with Gasteiger partial charge in [-0.1, -0.05) is 0 Å². The Bertz CT molecular complexity index is 159. The zero-order valence-corrected chi connectivity index (χ0v) is 9.99. The second kappa shape index (κ2) is 5.69. The maximum atomic E-state index is 5.81. The third kappa shape index (κ3) is 3.95.